The molecule has 1 fully saturated rings. The number of pyridine rings is 1. The predicted molar refractivity (Wildman–Crippen MR) is 133 cm³/mol. The molecule has 3 heterocycles. The fourth-order valence-electron chi connectivity index (χ4n) is 4.36. The summed E-state index contributed by atoms with van der Waals surface area (Å²) in [7, 11) is 0. The van der Waals surface area contributed by atoms with Gasteiger partial charge >= 0.3 is 0 Å². The maximum Gasteiger partial charge on any atom is 0.258 e. The number of anilines is 1. The molecule has 4 aromatic rings. The third kappa shape index (κ3) is 4.95. The Bertz CT molecular complexity index is 1260. The molecule has 2 unspecified atom stereocenters. The van der Waals surface area contributed by atoms with Crippen LogP contribution in [0.15, 0.2) is 66.0 Å². The van der Waals surface area contributed by atoms with Gasteiger partial charge in [0, 0.05) is 36.0 Å². The number of nitrogens with one attached hydrogen (secondary N) is 1. The zero-order valence-corrected chi connectivity index (χ0v) is 19.5. The number of thiazole rings is 1. The van der Waals surface area contributed by atoms with Crippen molar-refractivity contribution >= 4 is 33.3 Å². The molecule has 1 aliphatic rings. The largest absolute Gasteiger partial charge is 0.373 e. The monoisotopic (exact) mass is 458 g/mol. The number of morpholine rings is 1. The summed E-state index contributed by atoms with van der Waals surface area (Å²) in [5.74, 6) is -0.180. The van der Waals surface area contributed by atoms with Gasteiger partial charge in [-0.05, 0) is 26.0 Å². The number of carbonyl (C=O) groups excluding carboxylic acids is 1. The average molecular weight is 459 g/mol. The molecule has 33 heavy (non-hydrogen) atoms. The molecule has 5 rings (SSSR count). The number of hydrogen-bond acceptors (Lipinski definition) is 6. The van der Waals surface area contributed by atoms with Gasteiger partial charge in [0.1, 0.15) is 0 Å². The summed E-state index contributed by atoms with van der Waals surface area (Å²) >= 11 is 1.45. The number of nitrogens with zero attached hydrogens (tertiary/aromatic N) is 3. The minimum atomic E-state index is -0.180. The van der Waals surface area contributed by atoms with Gasteiger partial charge in [0.2, 0.25) is 0 Å². The first-order chi connectivity index (χ1) is 16.0. The molecule has 0 radical (unpaired) electrons. The molecule has 2 atom stereocenters. The molecule has 0 spiro atoms. The zero-order valence-electron chi connectivity index (χ0n) is 18.7. The molecule has 1 saturated heterocycles. The first-order valence-corrected chi connectivity index (χ1v) is 12.0. The second kappa shape index (κ2) is 9.39. The van der Waals surface area contributed by atoms with Gasteiger partial charge in [0.25, 0.3) is 5.91 Å². The average Bonchev–Trinajstić information content (AvgIpc) is 3.24. The van der Waals surface area contributed by atoms with Crippen LogP contribution in [-0.4, -0.2) is 46.1 Å². The Hall–Kier alpha value is -3.13. The van der Waals surface area contributed by atoms with Gasteiger partial charge in [0.15, 0.2) is 5.13 Å². The molecule has 1 amide bonds. The van der Waals surface area contributed by atoms with Gasteiger partial charge in [-0.15, -0.1) is 11.3 Å². The molecule has 1 N–H and O–H groups in total. The van der Waals surface area contributed by atoms with E-state index in [-0.39, 0.29) is 18.1 Å². The molecule has 2 aromatic carbocycles. The van der Waals surface area contributed by atoms with Crippen molar-refractivity contribution in [2.45, 2.75) is 32.6 Å². The SMILES string of the molecule is CC1CN(Cc2csc(NC(=O)c3cc(-c4ccccc4)nc4ccccc34)n2)CC(C)O1. The summed E-state index contributed by atoms with van der Waals surface area (Å²) in [5, 5.41) is 6.44. The van der Waals surface area contributed by atoms with E-state index in [2.05, 4.69) is 29.0 Å². The minimum absolute atomic E-state index is 0.180. The Morgan fingerprint density at radius 3 is 2.58 bits per heavy atom. The smallest absolute Gasteiger partial charge is 0.258 e. The highest BCUT2D eigenvalue weighted by Gasteiger charge is 2.23. The van der Waals surface area contributed by atoms with Crippen molar-refractivity contribution in [3.63, 3.8) is 0 Å². The summed E-state index contributed by atoms with van der Waals surface area (Å²) < 4.78 is 5.82. The number of aromatic nitrogens is 2. The standard InChI is InChI=1S/C26H26N4O2S/c1-17-13-30(14-18(2)32-17)15-20-16-33-26(27-20)29-25(31)22-12-24(19-8-4-3-5-9-19)28-23-11-7-6-10-21(22)23/h3-12,16-18H,13-15H2,1-2H3,(H,27,29,31). The van der Waals surface area contributed by atoms with Crippen molar-refractivity contribution in [1.82, 2.24) is 14.9 Å². The van der Waals surface area contributed by atoms with Crippen molar-refractivity contribution < 1.29 is 9.53 Å². The highest BCUT2D eigenvalue weighted by molar-refractivity contribution is 7.14. The van der Waals surface area contributed by atoms with Crippen LogP contribution >= 0.6 is 11.3 Å². The maximum atomic E-state index is 13.3. The van der Waals surface area contributed by atoms with E-state index < -0.39 is 0 Å². The summed E-state index contributed by atoms with van der Waals surface area (Å²) in [5.41, 5.74) is 4.09. The van der Waals surface area contributed by atoms with Gasteiger partial charge in [-0.3, -0.25) is 15.0 Å². The number of rotatable bonds is 5. The van der Waals surface area contributed by atoms with Crippen molar-refractivity contribution in [1.29, 1.82) is 0 Å². The topological polar surface area (TPSA) is 67.4 Å². The van der Waals surface area contributed by atoms with E-state index in [4.69, 9.17) is 9.72 Å². The van der Waals surface area contributed by atoms with Crippen LogP contribution in [0, 0.1) is 0 Å². The van der Waals surface area contributed by atoms with Crippen LogP contribution in [0.1, 0.15) is 29.9 Å². The number of amides is 1. The molecular weight excluding hydrogens is 432 g/mol. The minimum Gasteiger partial charge on any atom is -0.373 e. The lowest BCUT2D eigenvalue weighted by molar-refractivity contribution is -0.0707. The van der Waals surface area contributed by atoms with Crippen LogP contribution in [0.4, 0.5) is 5.13 Å². The first-order valence-electron chi connectivity index (χ1n) is 11.1. The molecule has 0 aliphatic carbocycles. The predicted octanol–water partition coefficient (Wildman–Crippen LogP) is 5.22. The van der Waals surface area contributed by atoms with Crippen LogP contribution < -0.4 is 5.32 Å². The number of fused-ring (bicyclic) bond motifs is 1. The molecule has 0 bridgehead atoms. The van der Waals surface area contributed by atoms with Crippen molar-refractivity contribution in [2.24, 2.45) is 0 Å². The second-order valence-corrected chi connectivity index (χ2v) is 9.35. The Balaban J connectivity index is 1.37. The lowest BCUT2D eigenvalue weighted by Crippen LogP contribution is -2.44. The maximum absolute atomic E-state index is 13.3. The Morgan fingerprint density at radius 2 is 1.79 bits per heavy atom. The number of hydrogen-bond donors (Lipinski definition) is 1. The van der Waals surface area contributed by atoms with E-state index in [0.29, 0.717) is 10.7 Å². The third-order valence-corrected chi connectivity index (χ3v) is 6.49. The molecule has 1 aliphatic heterocycles. The third-order valence-electron chi connectivity index (χ3n) is 5.68. The van der Waals surface area contributed by atoms with Gasteiger partial charge in [0.05, 0.1) is 34.7 Å². The van der Waals surface area contributed by atoms with E-state index >= 15 is 0 Å². The van der Waals surface area contributed by atoms with Crippen LogP contribution in [0.5, 0.6) is 0 Å². The van der Waals surface area contributed by atoms with E-state index in [9.17, 15) is 4.79 Å². The number of ether oxygens (including phenoxy) is 1. The number of carbonyl (C=O) groups is 1. The molecule has 168 valence electrons. The number of benzene rings is 2. The lowest BCUT2D eigenvalue weighted by atomic mass is 10.0. The number of para-hydroxylation sites is 1. The normalized spacial score (nSPS) is 19.0. The van der Waals surface area contributed by atoms with Crippen LogP contribution in [-0.2, 0) is 11.3 Å². The first kappa shape index (κ1) is 21.7. The van der Waals surface area contributed by atoms with Gasteiger partial charge in [-0.25, -0.2) is 9.97 Å². The summed E-state index contributed by atoms with van der Waals surface area (Å²) in [6, 6.07) is 19.5. The quantitative estimate of drug-likeness (QED) is 0.444. The van der Waals surface area contributed by atoms with Crippen molar-refractivity contribution in [3.05, 3.63) is 77.3 Å². The van der Waals surface area contributed by atoms with Gasteiger partial charge in [-0.2, -0.15) is 0 Å². The molecular formula is C26H26N4O2S. The van der Waals surface area contributed by atoms with Crippen LogP contribution in [0.3, 0.4) is 0 Å². The highest BCUT2D eigenvalue weighted by atomic mass is 32.1. The van der Waals surface area contributed by atoms with Gasteiger partial charge < -0.3 is 4.74 Å². The summed E-state index contributed by atoms with van der Waals surface area (Å²) in [6.45, 7) is 6.71. The molecule has 2 aromatic heterocycles. The second-order valence-electron chi connectivity index (χ2n) is 8.49. The molecule has 7 heteroatoms. The van der Waals surface area contributed by atoms with Crippen LogP contribution in [0.2, 0.25) is 0 Å². The Kier molecular flexibility index (Phi) is 6.17. The fourth-order valence-corrected chi connectivity index (χ4v) is 5.06. The lowest BCUT2D eigenvalue weighted by Gasteiger charge is -2.34. The fraction of sp³-hybridized carbons (Fsp3) is 0.269. The molecule has 6 nitrogen and oxygen atoms in total. The van der Waals surface area contributed by atoms with E-state index in [1.807, 2.05) is 66.0 Å². The Morgan fingerprint density at radius 1 is 1.06 bits per heavy atom. The molecule has 0 saturated carbocycles. The highest BCUT2D eigenvalue weighted by Crippen LogP contribution is 2.26. The van der Waals surface area contributed by atoms with Crippen molar-refractivity contribution in [3.8, 4) is 11.3 Å². The van der Waals surface area contributed by atoms with Gasteiger partial charge in [-0.1, -0.05) is 48.5 Å². The zero-order chi connectivity index (χ0) is 22.8. The summed E-state index contributed by atoms with van der Waals surface area (Å²) in [6.07, 6.45) is 0.427. The van der Waals surface area contributed by atoms with E-state index in [1.54, 1.807) is 0 Å². The van der Waals surface area contributed by atoms with Crippen LogP contribution in [0.25, 0.3) is 22.2 Å². The van der Waals surface area contributed by atoms with E-state index in [0.717, 1.165) is 47.5 Å². The summed E-state index contributed by atoms with van der Waals surface area (Å²) in [4.78, 5) is 25.1. The van der Waals surface area contributed by atoms with E-state index in [1.165, 1.54) is 11.3 Å². The Labute approximate surface area is 197 Å². The van der Waals surface area contributed by atoms with Crippen molar-refractivity contribution in [2.75, 3.05) is 18.4 Å².